The van der Waals surface area contributed by atoms with Crippen LogP contribution in [0.5, 0.6) is 0 Å². The Hall–Kier alpha value is -2.73. The van der Waals surface area contributed by atoms with E-state index >= 15 is 0 Å². The molecular formula is C22H23N3O2S. The van der Waals surface area contributed by atoms with Crippen LogP contribution in [0.4, 0.5) is 0 Å². The van der Waals surface area contributed by atoms with Gasteiger partial charge in [-0.25, -0.2) is 0 Å². The van der Waals surface area contributed by atoms with Gasteiger partial charge in [0.05, 0.1) is 17.4 Å². The number of aromatic amines is 1. The van der Waals surface area contributed by atoms with E-state index in [2.05, 4.69) is 10.3 Å². The highest BCUT2D eigenvalue weighted by atomic mass is 32.1. The van der Waals surface area contributed by atoms with E-state index in [0.29, 0.717) is 22.3 Å². The lowest BCUT2D eigenvalue weighted by molar-refractivity contribution is 0.0927. The van der Waals surface area contributed by atoms with Gasteiger partial charge in [-0.15, -0.1) is 0 Å². The summed E-state index contributed by atoms with van der Waals surface area (Å²) >= 11 is 5.37. The van der Waals surface area contributed by atoms with Crippen LogP contribution in [0.1, 0.15) is 48.0 Å². The number of hydrogen-bond acceptors (Lipinski definition) is 3. The smallest absolute Gasteiger partial charge is 0.262 e. The Kier molecular flexibility index (Phi) is 5.39. The van der Waals surface area contributed by atoms with E-state index in [1.54, 1.807) is 10.6 Å². The van der Waals surface area contributed by atoms with Gasteiger partial charge in [0.25, 0.3) is 11.5 Å². The molecule has 1 aliphatic carbocycles. The highest BCUT2D eigenvalue weighted by Gasteiger charge is 2.16. The van der Waals surface area contributed by atoms with E-state index in [1.165, 1.54) is 19.3 Å². The summed E-state index contributed by atoms with van der Waals surface area (Å²) in [7, 11) is 0. The number of nitrogens with one attached hydrogen (secondary N) is 2. The number of H-pyrrole nitrogens is 1. The first-order valence-corrected chi connectivity index (χ1v) is 10.1. The Morgan fingerprint density at radius 1 is 1.07 bits per heavy atom. The molecule has 0 unspecified atom stereocenters. The predicted molar refractivity (Wildman–Crippen MR) is 113 cm³/mol. The van der Waals surface area contributed by atoms with Crippen molar-refractivity contribution in [2.24, 2.45) is 0 Å². The highest BCUT2D eigenvalue weighted by Crippen LogP contribution is 2.18. The first kappa shape index (κ1) is 18.6. The van der Waals surface area contributed by atoms with Gasteiger partial charge in [0, 0.05) is 11.6 Å². The molecule has 0 atom stereocenters. The summed E-state index contributed by atoms with van der Waals surface area (Å²) < 4.78 is 1.94. The fourth-order valence-electron chi connectivity index (χ4n) is 3.80. The zero-order chi connectivity index (χ0) is 19.5. The summed E-state index contributed by atoms with van der Waals surface area (Å²) in [4.78, 5) is 28.3. The molecule has 0 aliphatic heterocycles. The molecule has 2 aromatic carbocycles. The Balaban J connectivity index is 1.52. The standard InChI is InChI=1S/C22H23N3O2S/c26-20(23-17-6-2-1-3-7-17)16-12-10-15(11-13-16)14-25-21(27)18-8-4-5-9-19(18)24-22(25)28/h4-5,8-13,17H,1-3,6-7,14H2,(H,23,26)(H,24,28). The second kappa shape index (κ2) is 8.10. The maximum absolute atomic E-state index is 12.8. The number of benzene rings is 2. The monoisotopic (exact) mass is 393 g/mol. The molecule has 0 bridgehead atoms. The van der Waals surface area contributed by atoms with Crippen LogP contribution in [-0.4, -0.2) is 21.5 Å². The number of carbonyl (C=O) groups is 1. The van der Waals surface area contributed by atoms with Crippen LogP contribution >= 0.6 is 12.2 Å². The lowest BCUT2D eigenvalue weighted by Crippen LogP contribution is -2.36. The molecule has 1 amide bonds. The van der Waals surface area contributed by atoms with Crippen LogP contribution in [0.3, 0.4) is 0 Å². The molecule has 144 valence electrons. The normalized spacial score (nSPS) is 14.9. The molecule has 3 aromatic rings. The molecule has 1 fully saturated rings. The molecule has 1 saturated carbocycles. The van der Waals surface area contributed by atoms with Crippen molar-refractivity contribution in [3.63, 3.8) is 0 Å². The number of hydrogen-bond donors (Lipinski definition) is 2. The van der Waals surface area contributed by atoms with Crippen molar-refractivity contribution in [1.82, 2.24) is 14.9 Å². The molecule has 1 aromatic heterocycles. The Bertz CT molecular complexity index is 1110. The Labute approximate surface area is 168 Å². The minimum Gasteiger partial charge on any atom is -0.349 e. The molecule has 5 nitrogen and oxygen atoms in total. The van der Waals surface area contributed by atoms with Crippen molar-refractivity contribution < 1.29 is 4.79 Å². The van der Waals surface area contributed by atoms with Crippen molar-refractivity contribution >= 4 is 29.0 Å². The van der Waals surface area contributed by atoms with Crippen LogP contribution in [-0.2, 0) is 6.54 Å². The summed E-state index contributed by atoms with van der Waals surface area (Å²) in [5.74, 6) is -0.0291. The third-order valence-electron chi connectivity index (χ3n) is 5.39. The Morgan fingerprint density at radius 2 is 1.79 bits per heavy atom. The third-order valence-corrected chi connectivity index (χ3v) is 5.71. The van der Waals surface area contributed by atoms with Gasteiger partial charge in [0.1, 0.15) is 0 Å². The molecule has 6 heteroatoms. The topological polar surface area (TPSA) is 66.9 Å². The first-order chi connectivity index (χ1) is 13.6. The molecule has 1 aliphatic rings. The van der Waals surface area contributed by atoms with Crippen LogP contribution in [0, 0.1) is 4.77 Å². The van der Waals surface area contributed by atoms with Crippen molar-refractivity contribution in [3.05, 3.63) is 74.8 Å². The first-order valence-electron chi connectivity index (χ1n) is 9.73. The molecule has 28 heavy (non-hydrogen) atoms. The summed E-state index contributed by atoms with van der Waals surface area (Å²) in [5.41, 5.74) is 2.19. The van der Waals surface area contributed by atoms with Crippen molar-refractivity contribution in [2.45, 2.75) is 44.7 Å². The fourth-order valence-corrected chi connectivity index (χ4v) is 4.06. The average molecular weight is 394 g/mol. The summed E-state index contributed by atoms with van der Waals surface area (Å²) in [6.07, 6.45) is 5.76. The number of carbonyl (C=O) groups excluding carboxylic acids is 1. The molecule has 0 radical (unpaired) electrons. The third kappa shape index (κ3) is 3.92. The summed E-state index contributed by atoms with van der Waals surface area (Å²) in [6, 6.07) is 15.0. The number of para-hydroxylation sites is 1. The van der Waals surface area contributed by atoms with Gasteiger partial charge in [-0.05, 0) is 54.9 Å². The fraction of sp³-hybridized carbons (Fsp3) is 0.318. The molecule has 2 N–H and O–H groups in total. The van der Waals surface area contributed by atoms with Crippen molar-refractivity contribution in [1.29, 1.82) is 0 Å². The zero-order valence-electron chi connectivity index (χ0n) is 15.6. The SMILES string of the molecule is O=C(NC1CCCCC1)c1ccc(Cn2c(=S)[nH]c3ccccc3c2=O)cc1. The average Bonchev–Trinajstić information content (AvgIpc) is 2.72. The molecule has 0 saturated heterocycles. The summed E-state index contributed by atoms with van der Waals surface area (Å²) in [6.45, 7) is 0.365. The summed E-state index contributed by atoms with van der Waals surface area (Å²) in [5, 5.41) is 3.74. The van der Waals surface area contributed by atoms with E-state index < -0.39 is 0 Å². The minimum atomic E-state index is -0.113. The number of rotatable bonds is 4. The number of nitrogens with zero attached hydrogens (tertiary/aromatic N) is 1. The van der Waals surface area contributed by atoms with Crippen LogP contribution in [0.15, 0.2) is 53.3 Å². The van der Waals surface area contributed by atoms with E-state index in [9.17, 15) is 9.59 Å². The van der Waals surface area contributed by atoms with Gasteiger partial charge in [0.2, 0.25) is 0 Å². The lowest BCUT2D eigenvalue weighted by Gasteiger charge is -2.22. The number of aromatic nitrogens is 2. The van der Waals surface area contributed by atoms with E-state index in [-0.39, 0.29) is 17.5 Å². The van der Waals surface area contributed by atoms with Gasteiger partial charge in [-0.2, -0.15) is 0 Å². The lowest BCUT2D eigenvalue weighted by atomic mass is 9.95. The van der Waals surface area contributed by atoms with E-state index in [4.69, 9.17) is 12.2 Å². The largest absolute Gasteiger partial charge is 0.349 e. The Morgan fingerprint density at radius 3 is 2.54 bits per heavy atom. The molecule has 0 spiro atoms. The van der Waals surface area contributed by atoms with E-state index in [0.717, 1.165) is 23.9 Å². The maximum atomic E-state index is 12.8. The number of fused-ring (bicyclic) bond motifs is 1. The van der Waals surface area contributed by atoms with Gasteiger partial charge in [-0.1, -0.05) is 43.5 Å². The quantitative estimate of drug-likeness (QED) is 0.654. The molecule has 4 rings (SSSR count). The van der Waals surface area contributed by atoms with Gasteiger partial charge < -0.3 is 10.3 Å². The highest BCUT2D eigenvalue weighted by molar-refractivity contribution is 7.71. The predicted octanol–water partition coefficient (Wildman–Crippen LogP) is 4.17. The van der Waals surface area contributed by atoms with Gasteiger partial charge in [-0.3, -0.25) is 14.2 Å². The maximum Gasteiger partial charge on any atom is 0.262 e. The second-order valence-corrected chi connectivity index (χ2v) is 7.76. The van der Waals surface area contributed by atoms with E-state index in [1.807, 2.05) is 42.5 Å². The van der Waals surface area contributed by atoms with Crippen LogP contribution in [0.2, 0.25) is 0 Å². The van der Waals surface area contributed by atoms with Crippen LogP contribution in [0.25, 0.3) is 10.9 Å². The minimum absolute atomic E-state index is 0.0291. The van der Waals surface area contributed by atoms with Crippen molar-refractivity contribution in [2.75, 3.05) is 0 Å². The van der Waals surface area contributed by atoms with Crippen LogP contribution < -0.4 is 10.9 Å². The number of amides is 1. The molecular weight excluding hydrogens is 370 g/mol. The van der Waals surface area contributed by atoms with Gasteiger partial charge in [0.15, 0.2) is 4.77 Å². The second-order valence-electron chi connectivity index (χ2n) is 7.37. The zero-order valence-corrected chi connectivity index (χ0v) is 16.4. The van der Waals surface area contributed by atoms with Gasteiger partial charge >= 0.3 is 0 Å². The molecule has 1 heterocycles. The van der Waals surface area contributed by atoms with Crippen molar-refractivity contribution in [3.8, 4) is 0 Å².